The summed E-state index contributed by atoms with van der Waals surface area (Å²) in [4.78, 5) is 52.5. The molecule has 0 saturated carbocycles. The van der Waals surface area contributed by atoms with Gasteiger partial charge in [0.2, 0.25) is 11.6 Å². The van der Waals surface area contributed by atoms with Crippen LogP contribution in [0.4, 0.5) is 10.5 Å². The molecule has 16 heteroatoms. The normalized spacial score (nSPS) is 29.2. The van der Waals surface area contributed by atoms with Gasteiger partial charge in [0.1, 0.15) is 18.6 Å². The van der Waals surface area contributed by atoms with Crippen molar-refractivity contribution < 1.29 is 34.1 Å². The number of carbonyl (C=O) groups excluding carboxylic acids is 3. The molecule has 2 unspecified atom stereocenters. The van der Waals surface area contributed by atoms with Gasteiger partial charge < -0.3 is 46.7 Å². The molecule has 0 radical (unpaired) electrons. The minimum Gasteiger partial charge on any atom is -0.449 e. The average Bonchev–Trinajstić information content (AvgIpc) is 3.65. The maximum Gasteiger partial charge on any atom is 0.331 e. The number of nitrogens with two attached hydrogens (primary N) is 2. The molecule has 5 aliphatic heterocycles. The number of benzene rings is 2. The first-order valence-electron chi connectivity index (χ1n) is 14.0. The zero-order valence-corrected chi connectivity index (χ0v) is 23.8. The minimum absolute atomic E-state index is 0.119. The zero-order chi connectivity index (χ0) is 31.2. The second-order valence-corrected chi connectivity index (χ2v) is 11.7. The van der Waals surface area contributed by atoms with E-state index in [0.29, 0.717) is 11.4 Å². The number of aliphatic hydroxyl groups is 2. The molecular weight excluding hydrogens is 574 g/mol. The van der Waals surface area contributed by atoms with Gasteiger partial charge >= 0.3 is 6.03 Å². The number of urea groups is 1. The highest BCUT2D eigenvalue weighted by atomic mass is 16.7. The highest BCUT2D eigenvalue weighted by Gasteiger charge is 2.73. The van der Waals surface area contributed by atoms with Crippen molar-refractivity contribution in [1.29, 1.82) is 0 Å². The van der Waals surface area contributed by atoms with Crippen LogP contribution in [0.2, 0.25) is 0 Å². The molecule has 5 heterocycles. The smallest absolute Gasteiger partial charge is 0.331 e. The quantitative estimate of drug-likeness (QED) is 0.169. The van der Waals surface area contributed by atoms with Crippen LogP contribution in [0.1, 0.15) is 24.2 Å². The highest BCUT2D eigenvalue weighted by Crippen LogP contribution is 2.46. The Balaban J connectivity index is 1.16. The zero-order valence-electron chi connectivity index (χ0n) is 23.8. The summed E-state index contributed by atoms with van der Waals surface area (Å²) in [6, 6.07) is 9.56. The van der Waals surface area contributed by atoms with Gasteiger partial charge in [-0.15, -0.1) is 0 Å². The Hall–Kier alpha value is -5.09. The number of hydrogen-bond acceptors (Lipinski definition) is 13. The number of nitrogens with one attached hydrogen (secondary N) is 2. The van der Waals surface area contributed by atoms with Crippen LogP contribution in [-0.2, 0) is 4.79 Å². The molecule has 4 amide bonds. The lowest BCUT2D eigenvalue weighted by Crippen LogP contribution is -2.78. The summed E-state index contributed by atoms with van der Waals surface area (Å²) in [6.45, 7) is 2.79. The van der Waals surface area contributed by atoms with Crippen LogP contribution < -0.4 is 36.5 Å². The Morgan fingerprint density at radius 3 is 2.59 bits per heavy atom. The van der Waals surface area contributed by atoms with E-state index >= 15 is 0 Å². The summed E-state index contributed by atoms with van der Waals surface area (Å²) in [7, 11) is 0. The van der Waals surface area contributed by atoms with Crippen molar-refractivity contribution in [3.8, 4) is 11.5 Å². The Morgan fingerprint density at radius 2 is 1.84 bits per heavy atom. The van der Waals surface area contributed by atoms with Crippen molar-refractivity contribution in [2.24, 2.45) is 21.5 Å². The van der Waals surface area contributed by atoms with E-state index in [-0.39, 0.29) is 42.9 Å². The molecule has 0 bridgehead atoms. The number of fused-ring (bicyclic) bond motifs is 1. The van der Waals surface area contributed by atoms with E-state index in [9.17, 15) is 24.6 Å². The van der Waals surface area contributed by atoms with Gasteiger partial charge in [-0.2, -0.15) is 0 Å². The summed E-state index contributed by atoms with van der Waals surface area (Å²) in [5.41, 5.74) is 11.3. The number of carbonyl (C=O) groups is 3. The van der Waals surface area contributed by atoms with Crippen molar-refractivity contribution in [2.45, 2.75) is 49.2 Å². The molecule has 2 fully saturated rings. The summed E-state index contributed by atoms with van der Waals surface area (Å²) in [5.74, 6) is -4.48. The van der Waals surface area contributed by atoms with Gasteiger partial charge in [-0.05, 0) is 24.3 Å². The molecule has 16 nitrogen and oxygen atoms in total. The number of rotatable bonds is 5. The number of nitrogens with zero attached hydrogens (tertiary/aromatic N) is 5. The van der Waals surface area contributed by atoms with Crippen LogP contribution in [0.3, 0.4) is 0 Å². The fourth-order valence-corrected chi connectivity index (χ4v) is 6.60. The molecule has 2 saturated heterocycles. The van der Waals surface area contributed by atoms with Crippen molar-refractivity contribution in [3.05, 3.63) is 54.1 Å². The van der Waals surface area contributed by atoms with Gasteiger partial charge in [0.05, 0.1) is 18.2 Å². The Labute approximate surface area is 250 Å². The van der Waals surface area contributed by atoms with Crippen LogP contribution in [0.5, 0.6) is 11.5 Å². The van der Waals surface area contributed by atoms with E-state index < -0.39 is 53.2 Å². The molecule has 1 spiro atoms. The molecule has 7 rings (SSSR count). The van der Waals surface area contributed by atoms with Gasteiger partial charge in [0, 0.05) is 26.1 Å². The molecule has 2 aromatic rings. The number of hydrogen-bond donors (Lipinski definition) is 6. The Bertz CT molecular complexity index is 1640. The van der Waals surface area contributed by atoms with Gasteiger partial charge in [-0.1, -0.05) is 24.3 Å². The third-order valence-electron chi connectivity index (χ3n) is 8.53. The molecule has 44 heavy (non-hydrogen) atoms. The molecule has 0 aliphatic carbocycles. The van der Waals surface area contributed by atoms with Crippen molar-refractivity contribution >= 4 is 35.5 Å². The third kappa shape index (κ3) is 3.87. The second-order valence-electron chi connectivity index (χ2n) is 11.7. The molecular formula is C28H31N9O7. The number of imide groups is 1. The summed E-state index contributed by atoms with van der Waals surface area (Å²) in [5, 5.41) is 29.1. The fraction of sp³-hybridized carbons (Fsp3) is 0.393. The largest absolute Gasteiger partial charge is 0.449 e. The van der Waals surface area contributed by atoms with Crippen LogP contribution in [-0.4, -0.2) is 105 Å². The van der Waals surface area contributed by atoms with E-state index in [0.717, 1.165) is 4.90 Å². The molecule has 5 aliphatic rings. The number of para-hydroxylation sites is 2. The minimum atomic E-state index is -2.72. The first kappa shape index (κ1) is 27.7. The van der Waals surface area contributed by atoms with E-state index in [1.807, 2.05) is 0 Å². The SMILES string of the molecule is CC1(C)Oc2cccc(C(=O)NC3CN4C(N)=N[C@@H](CN5C(=O)CN(c6ccccc6)C5=O)[C@@H]5N=C(N)NC54C3(O)O)c2O1. The lowest BCUT2D eigenvalue weighted by molar-refractivity contribution is -0.230. The van der Waals surface area contributed by atoms with Gasteiger partial charge in [0.15, 0.2) is 29.1 Å². The van der Waals surface area contributed by atoms with Crippen LogP contribution in [0.15, 0.2) is 58.5 Å². The van der Waals surface area contributed by atoms with E-state index in [1.54, 1.807) is 56.3 Å². The Morgan fingerprint density at radius 1 is 1.09 bits per heavy atom. The van der Waals surface area contributed by atoms with E-state index in [1.165, 1.54) is 15.9 Å². The molecule has 2 aromatic carbocycles. The maximum absolute atomic E-state index is 13.5. The lowest BCUT2D eigenvalue weighted by Gasteiger charge is -2.49. The first-order chi connectivity index (χ1) is 20.8. The van der Waals surface area contributed by atoms with Crippen LogP contribution in [0, 0.1) is 0 Å². The highest BCUT2D eigenvalue weighted by molar-refractivity contribution is 6.12. The third-order valence-corrected chi connectivity index (χ3v) is 8.53. The number of anilines is 1. The summed E-state index contributed by atoms with van der Waals surface area (Å²) < 4.78 is 11.6. The van der Waals surface area contributed by atoms with Crippen LogP contribution >= 0.6 is 0 Å². The number of aliphatic imine (C=N–C) groups is 2. The Kier molecular flexibility index (Phi) is 5.80. The monoisotopic (exact) mass is 605 g/mol. The molecule has 0 aromatic heterocycles. The summed E-state index contributed by atoms with van der Waals surface area (Å²) >= 11 is 0. The molecule has 4 atom stereocenters. The number of guanidine groups is 2. The second kappa shape index (κ2) is 9.20. The molecule has 230 valence electrons. The predicted octanol–water partition coefficient (Wildman–Crippen LogP) is -1.56. The average molecular weight is 606 g/mol. The fourth-order valence-electron chi connectivity index (χ4n) is 6.60. The maximum atomic E-state index is 13.5. The molecule has 8 N–H and O–H groups in total. The van der Waals surface area contributed by atoms with Gasteiger partial charge in [0.25, 0.3) is 11.8 Å². The van der Waals surface area contributed by atoms with Crippen LogP contribution in [0.25, 0.3) is 0 Å². The summed E-state index contributed by atoms with van der Waals surface area (Å²) in [6.07, 6.45) is 0. The number of amides is 4. The first-order valence-corrected chi connectivity index (χ1v) is 14.0. The van der Waals surface area contributed by atoms with Crippen molar-refractivity contribution in [3.63, 3.8) is 0 Å². The van der Waals surface area contributed by atoms with Gasteiger partial charge in [-0.25, -0.2) is 14.8 Å². The van der Waals surface area contributed by atoms with E-state index in [2.05, 4.69) is 20.6 Å². The lowest BCUT2D eigenvalue weighted by atomic mass is 9.84. The predicted molar refractivity (Wildman–Crippen MR) is 154 cm³/mol. The van der Waals surface area contributed by atoms with Crippen molar-refractivity contribution in [2.75, 3.05) is 24.5 Å². The van der Waals surface area contributed by atoms with E-state index in [4.69, 9.17) is 20.9 Å². The number of ether oxygens (including phenoxy) is 2. The topological polar surface area (TPSA) is 221 Å². The van der Waals surface area contributed by atoms with Gasteiger partial charge in [-0.3, -0.25) is 19.4 Å². The standard InChI is InChI=1S/C28H31N9O7/c1-26(2)43-17-10-6-9-15(20(17)44-26)22(39)32-18-12-37-24(30)31-16(21-27(37,28(18,41)42)34-23(29)33-21)11-36-19(38)13-35(25(36)40)14-7-4-3-5-8-14/h3-10,16,18,21,41-42H,11-13H2,1-2H3,(H2,30,31)(H,32,39)(H3,29,33,34)/t16-,18?,21-,27?/m0/s1. The van der Waals surface area contributed by atoms with Crippen molar-refractivity contribution in [1.82, 2.24) is 20.4 Å².